The van der Waals surface area contributed by atoms with Gasteiger partial charge in [0.25, 0.3) is 5.69 Å². The van der Waals surface area contributed by atoms with Gasteiger partial charge in [-0.3, -0.25) is 10.1 Å². The number of fused-ring (bicyclic) bond motifs is 2. The van der Waals surface area contributed by atoms with Crippen molar-refractivity contribution in [3.8, 4) is 11.5 Å². The molecule has 0 aliphatic carbocycles. The molecule has 0 atom stereocenters. The van der Waals surface area contributed by atoms with Gasteiger partial charge in [0.2, 0.25) is 0 Å². The lowest BCUT2D eigenvalue weighted by Gasteiger charge is -2.18. The van der Waals surface area contributed by atoms with Crippen molar-refractivity contribution in [2.75, 3.05) is 13.2 Å². The number of nitrogens with zero attached hydrogens (tertiary/aromatic N) is 1. The number of hydrogen-bond acceptors (Lipinski definition) is 8. The van der Waals surface area contributed by atoms with E-state index in [0.29, 0.717) is 16.5 Å². The number of esters is 1. The van der Waals surface area contributed by atoms with Crippen molar-refractivity contribution in [2.24, 2.45) is 0 Å². The van der Waals surface area contributed by atoms with E-state index in [1.165, 1.54) is 12.1 Å². The molecule has 3 aromatic rings. The molecule has 0 amide bonds. The van der Waals surface area contributed by atoms with Crippen molar-refractivity contribution in [3.63, 3.8) is 0 Å². The van der Waals surface area contributed by atoms with Gasteiger partial charge in [0.15, 0.2) is 11.5 Å². The van der Waals surface area contributed by atoms with Gasteiger partial charge < -0.3 is 18.6 Å². The molecule has 1 aliphatic rings. The zero-order valence-electron chi connectivity index (χ0n) is 16.2. The Morgan fingerprint density at radius 3 is 2.53 bits per heavy atom. The predicted molar refractivity (Wildman–Crippen MR) is 105 cm³/mol. The monoisotopic (exact) mass is 411 g/mol. The first-order chi connectivity index (χ1) is 14.3. The van der Waals surface area contributed by atoms with Crippen molar-refractivity contribution >= 4 is 22.6 Å². The van der Waals surface area contributed by atoms with Gasteiger partial charge in [-0.2, -0.15) is 0 Å². The molecule has 0 unspecified atom stereocenters. The van der Waals surface area contributed by atoms with E-state index in [0.717, 1.165) is 17.2 Å². The Balaban J connectivity index is 1.67. The molecular weight excluding hydrogens is 394 g/mol. The smallest absolute Gasteiger partial charge is 0.345 e. The van der Waals surface area contributed by atoms with E-state index in [1.807, 2.05) is 19.9 Å². The number of rotatable bonds is 4. The summed E-state index contributed by atoms with van der Waals surface area (Å²) in [6, 6.07) is 7.26. The predicted octanol–water partition coefficient (Wildman–Crippen LogP) is 3.45. The zero-order valence-corrected chi connectivity index (χ0v) is 16.2. The number of nitro groups is 1. The summed E-state index contributed by atoms with van der Waals surface area (Å²) in [5.41, 5.74) is 1.33. The normalized spacial score (nSPS) is 12.6. The van der Waals surface area contributed by atoms with Gasteiger partial charge in [-0.05, 0) is 25.0 Å². The summed E-state index contributed by atoms with van der Waals surface area (Å²) in [6.07, 6.45) is 0. The van der Waals surface area contributed by atoms with Crippen LogP contribution in [0.15, 0.2) is 39.5 Å². The highest BCUT2D eigenvalue weighted by Crippen LogP contribution is 2.37. The molecule has 0 bridgehead atoms. The third-order valence-electron chi connectivity index (χ3n) is 4.95. The van der Waals surface area contributed by atoms with Gasteiger partial charge in [0.05, 0.1) is 11.0 Å². The minimum absolute atomic E-state index is 0.196. The fourth-order valence-electron chi connectivity index (χ4n) is 3.26. The molecule has 1 aliphatic heterocycles. The lowest BCUT2D eigenvalue weighted by atomic mass is 10.0. The number of carbonyl (C=O) groups excluding carboxylic acids is 1. The molecule has 0 fully saturated rings. The van der Waals surface area contributed by atoms with Crippen molar-refractivity contribution in [1.29, 1.82) is 0 Å². The number of hydrogen-bond donors (Lipinski definition) is 0. The SMILES string of the molecule is Cc1ccc2c(COC(=O)c3cc4c(cc3[N+](=O)[O-])OCCO4)cc(=O)oc2c1C. The molecule has 2 aromatic carbocycles. The van der Waals surface area contributed by atoms with Crippen molar-refractivity contribution in [1.82, 2.24) is 0 Å². The summed E-state index contributed by atoms with van der Waals surface area (Å²) >= 11 is 0. The summed E-state index contributed by atoms with van der Waals surface area (Å²) in [5, 5.41) is 12.0. The fraction of sp³-hybridized carbons (Fsp3) is 0.238. The molecular formula is C21H17NO8. The lowest BCUT2D eigenvalue weighted by Crippen LogP contribution is -2.17. The van der Waals surface area contributed by atoms with Crippen LogP contribution in [0.5, 0.6) is 11.5 Å². The van der Waals surface area contributed by atoms with E-state index < -0.39 is 22.2 Å². The van der Waals surface area contributed by atoms with Gasteiger partial charge in [-0.25, -0.2) is 9.59 Å². The number of aryl methyl sites for hydroxylation is 2. The topological polar surface area (TPSA) is 118 Å². The van der Waals surface area contributed by atoms with E-state index in [2.05, 4.69) is 0 Å². The average molecular weight is 411 g/mol. The van der Waals surface area contributed by atoms with Crippen LogP contribution in [0, 0.1) is 24.0 Å². The summed E-state index contributed by atoms with van der Waals surface area (Å²) < 4.78 is 21.3. The highest BCUT2D eigenvalue weighted by molar-refractivity contribution is 5.95. The van der Waals surface area contributed by atoms with Crippen LogP contribution in [0.4, 0.5) is 5.69 Å². The molecule has 9 heteroatoms. The quantitative estimate of drug-likeness (QED) is 0.277. The Morgan fingerprint density at radius 2 is 1.83 bits per heavy atom. The first-order valence-corrected chi connectivity index (χ1v) is 9.13. The molecule has 4 rings (SSSR count). The Kier molecular flexibility index (Phi) is 4.86. The Morgan fingerprint density at radius 1 is 1.13 bits per heavy atom. The second-order valence-electron chi connectivity index (χ2n) is 6.82. The third-order valence-corrected chi connectivity index (χ3v) is 4.95. The van der Waals surface area contributed by atoms with E-state index in [1.54, 1.807) is 6.07 Å². The Hall–Kier alpha value is -3.88. The maximum atomic E-state index is 12.6. The van der Waals surface area contributed by atoms with Crippen LogP contribution in [-0.2, 0) is 11.3 Å². The molecule has 0 saturated carbocycles. The minimum atomic E-state index is -0.913. The second-order valence-corrected chi connectivity index (χ2v) is 6.82. The summed E-state index contributed by atoms with van der Waals surface area (Å²) in [4.78, 5) is 35.3. The van der Waals surface area contributed by atoms with Gasteiger partial charge in [0, 0.05) is 23.1 Å². The van der Waals surface area contributed by atoms with Crippen LogP contribution in [0.1, 0.15) is 27.0 Å². The first-order valence-electron chi connectivity index (χ1n) is 9.13. The molecule has 1 aromatic heterocycles. The van der Waals surface area contributed by atoms with Gasteiger partial charge in [-0.15, -0.1) is 0 Å². The fourth-order valence-corrected chi connectivity index (χ4v) is 3.26. The van der Waals surface area contributed by atoms with Gasteiger partial charge >= 0.3 is 11.6 Å². The highest BCUT2D eigenvalue weighted by atomic mass is 16.6. The maximum Gasteiger partial charge on any atom is 0.345 e. The van der Waals surface area contributed by atoms with Crippen molar-refractivity contribution in [3.05, 3.63) is 73.1 Å². The molecule has 30 heavy (non-hydrogen) atoms. The number of nitro benzene ring substituents is 1. The Labute approximate surface area is 169 Å². The van der Waals surface area contributed by atoms with E-state index in [-0.39, 0.29) is 36.9 Å². The van der Waals surface area contributed by atoms with E-state index >= 15 is 0 Å². The third kappa shape index (κ3) is 3.45. The zero-order chi connectivity index (χ0) is 21.4. The summed E-state index contributed by atoms with van der Waals surface area (Å²) in [5.74, 6) is -0.485. The maximum absolute atomic E-state index is 12.6. The van der Waals surface area contributed by atoms with E-state index in [9.17, 15) is 19.7 Å². The lowest BCUT2D eigenvalue weighted by molar-refractivity contribution is -0.385. The van der Waals surface area contributed by atoms with Crippen molar-refractivity contribution in [2.45, 2.75) is 20.5 Å². The minimum Gasteiger partial charge on any atom is -0.486 e. The molecule has 0 saturated heterocycles. The molecule has 154 valence electrons. The van der Waals surface area contributed by atoms with E-state index in [4.69, 9.17) is 18.6 Å². The van der Waals surface area contributed by atoms with Crippen LogP contribution in [0.2, 0.25) is 0 Å². The number of ether oxygens (including phenoxy) is 3. The largest absolute Gasteiger partial charge is 0.486 e. The molecule has 2 heterocycles. The number of benzene rings is 2. The van der Waals surface area contributed by atoms with Gasteiger partial charge in [-0.1, -0.05) is 12.1 Å². The molecule has 0 radical (unpaired) electrons. The number of carbonyl (C=O) groups is 1. The molecule has 9 nitrogen and oxygen atoms in total. The molecule has 0 spiro atoms. The second kappa shape index (κ2) is 7.51. The van der Waals surface area contributed by atoms with Crippen LogP contribution >= 0.6 is 0 Å². The average Bonchev–Trinajstić information content (AvgIpc) is 2.73. The molecule has 0 N–H and O–H groups in total. The Bertz CT molecular complexity index is 1240. The van der Waals surface area contributed by atoms with Crippen LogP contribution < -0.4 is 15.1 Å². The summed E-state index contributed by atoms with van der Waals surface area (Å²) in [6.45, 7) is 3.99. The van der Waals surface area contributed by atoms with Crippen molar-refractivity contribution < 1.29 is 28.3 Å². The van der Waals surface area contributed by atoms with Crippen LogP contribution in [0.3, 0.4) is 0 Å². The van der Waals surface area contributed by atoms with Crippen LogP contribution in [-0.4, -0.2) is 24.1 Å². The van der Waals surface area contributed by atoms with Crippen LogP contribution in [0.25, 0.3) is 11.0 Å². The highest BCUT2D eigenvalue weighted by Gasteiger charge is 2.27. The standard InChI is InChI=1S/C21H17NO8/c1-11-3-4-14-13(7-19(23)30-20(14)12(11)2)10-29-21(24)15-8-17-18(28-6-5-27-17)9-16(15)22(25)26/h3-4,7-9H,5-6,10H2,1-2H3. The van der Waals surface area contributed by atoms with Gasteiger partial charge in [0.1, 0.15) is 31.0 Å². The first kappa shape index (κ1) is 19.4. The summed E-state index contributed by atoms with van der Waals surface area (Å²) in [7, 11) is 0.